The molecule has 3 aliphatic rings. The lowest BCUT2D eigenvalue weighted by molar-refractivity contribution is -0.142. The summed E-state index contributed by atoms with van der Waals surface area (Å²) >= 11 is 0. The zero-order valence-electron chi connectivity index (χ0n) is 23.0. The molecular weight excluding hydrogens is 512 g/mol. The maximum atomic E-state index is 13.6. The number of ether oxygens (including phenoxy) is 1. The number of aromatic nitrogens is 4. The van der Waals surface area contributed by atoms with E-state index in [-0.39, 0.29) is 24.3 Å². The van der Waals surface area contributed by atoms with Gasteiger partial charge in [0.1, 0.15) is 23.1 Å². The van der Waals surface area contributed by atoms with Crippen molar-refractivity contribution in [1.29, 1.82) is 0 Å². The van der Waals surface area contributed by atoms with Crippen molar-refractivity contribution in [2.45, 2.75) is 51.5 Å². The first kappa shape index (κ1) is 26.0. The number of rotatable bonds is 7. The summed E-state index contributed by atoms with van der Waals surface area (Å²) in [6.45, 7) is 9.16. The van der Waals surface area contributed by atoms with E-state index in [1.807, 2.05) is 19.1 Å². The van der Waals surface area contributed by atoms with E-state index in [2.05, 4.69) is 55.0 Å². The first-order chi connectivity index (χ1) is 19.3. The average Bonchev–Trinajstić information content (AvgIpc) is 3.52. The van der Waals surface area contributed by atoms with E-state index in [0.717, 1.165) is 35.7 Å². The molecular formula is C28H34N8O4. The molecule has 1 aromatic carbocycles. The minimum absolute atomic E-state index is 0.0906. The molecule has 2 unspecified atom stereocenters. The fourth-order valence-electron chi connectivity index (χ4n) is 6.32. The standard InChI is InChI=1S/C28H34N8O4/c1-4-34(5-2)18-6-7-19-17(3)20(25(37)40-21(19)14-18)8-11-36-26(38)28(33-27(36)39)9-12-35(13-10-28)24-22-23(30-15-29-22)31-16-32-24/h6-7,14-17,20H,4-5,8-13H2,1-3H3,(H,33,39)(H,29,30,31,32). The number of fused-ring (bicyclic) bond motifs is 2. The van der Waals surface area contributed by atoms with Crippen molar-refractivity contribution in [1.82, 2.24) is 30.2 Å². The molecule has 0 saturated carbocycles. The Balaban J connectivity index is 1.11. The molecule has 0 aliphatic carbocycles. The number of anilines is 2. The number of carbonyl (C=O) groups is 3. The zero-order valence-corrected chi connectivity index (χ0v) is 23.0. The average molecular weight is 547 g/mol. The monoisotopic (exact) mass is 546 g/mol. The van der Waals surface area contributed by atoms with E-state index in [1.165, 1.54) is 11.2 Å². The van der Waals surface area contributed by atoms with Crippen molar-refractivity contribution in [2.75, 3.05) is 42.5 Å². The van der Waals surface area contributed by atoms with Crippen molar-refractivity contribution in [3.05, 3.63) is 36.4 Å². The molecule has 2 aromatic heterocycles. The molecule has 2 N–H and O–H groups in total. The van der Waals surface area contributed by atoms with Crippen LogP contribution in [0.5, 0.6) is 5.75 Å². The van der Waals surface area contributed by atoms with Crippen LogP contribution in [-0.2, 0) is 9.59 Å². The van der Waals surface area contributed by atoms with Gasteiger partial charge in [0.05, 0.1) is 12.2 Å². The lowest BCUT2D eigenvalue weighted by atomic mass is 9.82. The number of urea groups is 1. The normalized spacial score (nSPS) is 22.0. The fraction of sp³-hybridized carbons (Fsp3) is 0.500. The van der Waals surface area contributed by atoms with Crippen LogP contribution in [0.4, 0.5) is 16.3 Å². The summed E-state index contributed by atoms with van der Waals surface area (Å²) in [6, 6.07) is 5.61. The Labute approximate surface area is 232 Å². The molecule has 3 amide bonds. The number of piperidine rings is 1. The molecule has 0 radical (unpaired) electrons. The second-order valence-corrected chi connectivity index (χ2v) is 10.8. The number of esters is 1. The Morgan fingerprint density at radius 2 is 1.88 bits per heavy atom. The predicted octanol–water partition coefficient (Wildman–Crippen LogP) is 2.82. The summed E-state index contributed by atoms with van der Waals surface area (Å²) in [6.07, 6.45) is 4.32. The summed E-state index contributed by atoms with van der Waals surface area (Å²) in [4.78, 5) is 61.0. The topological polar surface area (TPSA) is 137 Å². The van der Waals surface area contributed by atoms with Gasteiger partial charge < -0.3 is 24.8 Å². The van der Waals surface area contributed by atoms with Crippen molar-refractivity contribution >= 4 is 40.6 Å². The fourth-order valence-corrected chi connectivity index (χ4v) is 6.32. The van der Waals surface area contributed by atoms with Gasteiger partial charge in [-0.3, -0.25) is 14.5 Å². The number of benzene rings is 1. The first-order valence-electron chi connectivity index (χ1n) is 14.0. The summed E-state index contributed by atoms with van der Waals surface area (Å²) in [5, 5.41) is 2.96. The number of nitrogens with zero attached hydrogens (tertiary/aromatic N) is 6. The van der Waals surface area contributed by atoms with Gasteiger partial charge in [-0.15, -0.1) is 0 Å². The molecule has 2 saturated heterocycles. The number of carbonyl (C=O) groups excluding carboxylic acids is 3. The van der Waals surface area contributed by atoms with Crippen LogP contribution in [0, 0.1) is 5.92 Å². The van der Waals surface area contributed by atoms with Crippen LogP contribution in [0.25, 0.3) is 11.2 Å². The highest BCUT2D eigenvalue weighted by Crippen LogP contribution is 2.41. The third-order valence-electron chi connectivity index (χ3n) is 8.76. The molecule has 3 aromatic rings. The van der Waals surface area contributed by atoms with Gasteiger partial charge in [0.15, 0.2) is 11.5 Å². The molecule has 0 bridgehead atoms. The molecule has 40 heavy (non-hydrogen) atoms. The van der Waals surface area contributed by atoms with E-state index < -0.39 is 17.5 Å². The van der Waals surface area contributed by atoms with Gasteiger partial charge in [-0.05, 0) is 50.7 Å². The predicted molar refractivity (Wildman–Crippen MR) is 148 cm³/mol. The van der Waals surface area contributed by atoms with Crippen LogP contribution < -0.4 is 19.9 Å². The minimum atomic E-state index is -0.945. The summed E-state index contributed by atoms with van der Waals surface area (Å²) < 4.78 is 5.76. The second kappa shape index (κ2) is 10.1. The molecule has 210 valence electrons. The number of aromatic amines is 1. The molecule has 12 nitrogen and oxygen atoms in total. The van der Waals surface area contributed by atoms with Gasteiger partial charge in [0, 0.05) is 44.5 Å². The molecule has 3 aliphatic heterocycles. The maximum absolute atomic E-state index is 13.6. The van der Waals surface area contributed by atoms with E-state index >= 15 is 0 Å². The first-order valence-corrected chi connectivity index (χ1v) is 14.0. The smallest absolute Gasteiger partial charge is 0.325 e. The van der Waals surface area contributed by atoms with Gasteiger partial charge in [-0.2, -0.15) is 0 Å². The maximum Gasteiger partial charge on any atom is 0.325 e. The van der Waals surface area contributed by atoms with Crippen LogP contribution >= 0.6 is 0 Å². The van der Waals surface area contributed by atoms with Gasteiger partial charge in [-0.1, -0.05) is 13.0 Å². The Bertz CT molecular complexity index is 1460. The van der Waals surface area contributed by atoms with E-state index in [0.29, 0.717) is 43.7 Å². The number of imidazole rings is 1. The number of hydrogen-bond acceptors (Lipinski definition) is 9. The highest BCUT2D eigenvalue weighted by atomic mass is 16.5. The van der Waals surface area contributed by atoms with Crippen LogP contribution in [0.2, 0.25) is 0 Å². The molecule has 2 atom stereocenters. The van der Waals surface area contributed by atoms with E-state index in [4.69, 9.17) is 4.74 Å². The molecule has 1 spiro atoms. The third-order valence-corrected chi connectivity index (χ3v) is 8.76. The van der Waals surface area contributed by atoms with Gasteiger partial charge >= 0.3 is 12.0 Å². The van der Waals surface area contributed by atoms with E-state index in [1.54, 1.807) is 6.33 Å². The molecule has 5 heterocycles. The third kappa shape index (κ3) is 4.22. The zero-order chi connectivity index (χ0) is 28.0. The Hall–Kier alpha value is -4.22. The minimum Gasteiger partial charge on any atom is -0.426 e. The Morgan fingerprint density at radius 3 is 2.62 bits per heavy atom. The SMILES string of the molecule is CCN(CC)c1ccc2c(c1)OC(=O)C(CCN1C(=O)NC3(CCN(c4ncnc5nc[nH]c45)CC3)C1=O)C2C. The second-order valence-electron chi connectivity index (χ2n) is 10.8. The van der Waals surface area contributed by atoms with Gasteiger partial charge in [0.2, 0.25) is 0 Å². The molecule has 6 rings (SSSR count). The number of H-pyrrole nitrogens is 1. The van der Waals surface area contributed by atoms with Gasteiger partial charge in [0.25, 0.3) is 5.91 Å². The highest BCUT2D eigenvalue weighted by molar-refractivity contribution is 6.07. The highest BCUT2D eigenvalue weighted by Gasteiger charge is 2.52. The number of amides is 3. The lowest BCUT2D eigenvalue weighted by Gasteiger charge is -2.38. The Morgan fingerprint density at radius 1 is 1.10 bits per heavy atom. The summed E-state index contributed by atoms with van der Waals surface area (Å²) in [5.41, 5.74) is 2.38. The number of imide groups is 1. The lowest BCUT2D eigenvalue weighted by Crippen LogP contribution is -2.55. The molecule has 2 fully saturated rings. The van der Waals surface area contributed by atoms with Crippen molar-refractivity contribution in [2.24, 2.45) is 5.92 Å². The van der Waals surface area contributed by atoms with Crippen LogP contribution in [0.15, 0.2) is 30.9 Å². The van der Waals surface area contributed by atoms with Crippen molar-refractivity contribution in [3.8, 4) is 5.75 Å². The molecule has 12 heteroatoms. The summed E-state index contributed by atoms with van der Waals surface area (Å²) in [7, 11) is 0. The van der Waals surface area contributed by atoms with Gasteiger partial charge in [-0.25, -0.2) is 19.7 Å². The van der Waals surface area contributed by atoms with E-state index in [9.17, 15) is 14.4 Å². The van der Waals surface area contributed by atoms with Crippen LogP contribution in [0.1, 0.15) is 51.5 Å². The summed E-state index contributed by atoms with van der Waals surface area (Å²) in [5.74, 6) is 0.247. The number of nitrogens with one attached hydrogen (secondary N) is 2. The van der Waals surface area contributed by atoms with Crippen molar-refractivity contribution in [3.63, 3.8) is 0 Å². The van der Waals surface area contributed by atoms with Crippen molar-refractivity contribution < 1.29 is 19.1 Å². The number of hydrogen-bond donors (Lipinski definition) is 2. The largest absolute Gasteiger partial charge is 0.426 e. The van der Waals surface area contributed by atoms with Crippen LogP contribution in [-0.4, -0.2) is 81.0 Å². The Kier molecular flexibility index (Phi) is 6.55. The van der Waals surface area contributed by atoms with Crippen LogP contribution in [0.3, 0.4) is 0 Å². The quantitative estimate of drug-likeness (QED) is 0.260.